The number of hydrogen-bond donors (Lipinski definition) is 2. The topological polar surface area (TPSA) is 84.5 Å². The molecule has 3 rings (SSSR count). The van der Waals surface area contributed by atoms with Gasteiger partial charge in [-0.2, -0.15) is 0 Å². The van der Waals surface area contributed by atoms with Crippen molar-refractivity contribution in [2.75, 3.05) is 0 Å². The van der Waals surface area contributed by atoms with Gasteiger partial charge in [-0.25, -0.2) is 14.0 Å². The fourth-order valence-electron chi connectivity index (χ4n) is 2.66. The Morgan fingerprint density at radius 1 is 1.15 bits per heavy atom. The Morgan fingerprint density at radius 2 is 1.88 bits per heavy atom. The van der Waals surface area contributed by atoms with Crippen molar-refractivity contribution in [1.82, 2.24) is 10.6 Å². The molecule has 0 radical (unpaired) electrons. The van der Waals surface area contributed by atoms with E-state index in [1.807, 2.05) is 0 Å². The molecular formula is C19H17FN2O4. The average molecular weight is 356 g/mol. The predicted molar refractivity (Wildman–Crippen MR) is 91.2 cm³/mol. The first kappa shape index (κ1) is 17.6. The minimum Gasteiger partial charge on any atom is -0.423 e. The lowest BCUT2D eigenvalue weighted by atomic mass is 9.93. The first-order valence-corrected chi connectivity index (χ1v) is 8.06. The smallest absolute Gasteiger partial charge is 0.343 e. The quantitative estimate of drug-likeness (QED) is 0.490. The normalized spacial score (nSPS) is 19.0. The maximum Gasteiger partial charge on any atom is 0.343 e. The number of nitrogens with one attached hydrogen (secondary N) is 2. The lowest BCUT2D eigenvalue weighted by Crippen LogP contribution is -2.43. The van der Waals surface area contributed by atoms with E-state index in [0.717, 1.165) is 11.6 Å². The fraction of sp³-hybridized carbons (Fsp3) is 0.211. The number of rotatable bonds is 5. The van der Waals surface area contributed by atoms with Crippen LogP contribution in [0.5, 0.6) is 5.75 Å². The Hall–Kier alpha value is -3.22. The largest absolute Gasteiger partial charge is 0.423 e. The van der Waals surface area contributed by atoms with Crippen molar-refractivity contribution in [3.05, 3.63) is 65.5 Å². The Kier molecular flexibility index (Phi) is 4.71. The first-order valence-electron chi connectivity index (χ1n) is 8.06. The van der Waals surface area contributed by atoms with Crippen LogP contribution in [-0.4, -0.2) is 23.4 Å². The number of carbonyl (C=O) groups is 3. The van der Waals surface area contributed by atoms with E-state index in [0.29, 0.717) is 18.6 Å². The van der Waals surface area contributed by atoms with Crippen molar-refractivity contribution in [3.8, 4) is 5.75 Å². The molecule has 1 aliphatic heterocycles. The number of ether oxygens (including phenoxy) is 1. The SMILES string of the molecule is C[C@]1(CCc2ccc(OC(=O)c3cccc(F)c3)cc2)NC(=O)NC1=O. The van der Waals surface area contributed by atoms with E-state index >= 15 is 0 Å². The lowest BCUT2D eigenvalue weighted by Gasteiger charge is -2.20. The van der Waals surface area contributed by atoms with Crippen molar-refractivity contribution in [2.24, 2.45) is 0 Å². The third kappa shape index (κ3) is 3.88. The first-order chi connectivity index (χ1) is 12.4. The molecule has 1 heterocycles. The Balaban J connectivity index is 1.59. The van der Waals surface area contributed by atoms with Gasteiger partial charge in [-0.1, -0.05) is 18.2 Å². The maximum absolute atomic E-state index is 13.2. The molecule has 2 aromatic carbocycles. The monoisotopic (exact) mass is 356 g/mol. The van der Waals surface area contributed by atoms with E-state index in [1.165, 1.54) is 18.2 Å². The molecule has 26 heavy (non-hydrogen) atoms. The van der Waals surface area contributed by atoms with Gasteiger partial charge in [-0.15, -0.1) is 0 Å². The highest BCUT2D eigenvalue weighted by Gasteiger charge is 2.41. The molecule has 134 valence electrons. The summed E-state index contributed by atoms with van der Waals surface area (Å²) in [6.07, 6.45) is 0.995. The molecule has 7 heteroatoms. The standard InChI is InChI=1S/C19H17FN2O4/c1-19(17(24)21-18(25)22-19)10-9-12-5-7-15(8-6-12)26-16(23)13-3-2-4-14(20)11-13/h2-8,11H,9-10H2,1H3,(H2,21,22,24,25)/t19-/m1/s1. The van der Waals surface area contributed by atoms with Crippen molar-refractivity contribution in [1.29, 1.82) is 0 Å². The highest BCUT2D eigenvalue weighted by Crippen LogP contribution is 2.20. The zero-order valence-corrected chi connectivity index (χ0v) is 14.0. The van der Waals surface area contributed by atoms with Crippen molar-refractivity contribution in [3.63, 3.8) is 0 Å². The molecule has 0 bridgehead atoms. The summed E-state index contributed by atoms with van der Waals surface area (Å²) in [6.45, 7) is 1.67. The molecule has 1 saturated heterocycles. The lowest BCUT2D eigenvalue weighted by molar-refractivity contribution is -0.123. The van der Waals surface area contributed by atoms with Gasteiger partial charge in [0.1, 0.15) is 17.1 Å². The number of benzene rings is 2. The van der Waals surface area contributed by atoms with Gasteiger partial charge in [0.15, 0.2) is 0 Å². The highest BCUT2D eigenvalue weighted by atomic mass is 19.1. The molecular weight excluding hydrogens is 339 g/mol. The van der Waals surface area contributed by atoms with Gasteiger partial charge in [-0.05, 0) is 55.7 Å². The number of carbonyl (C=O) groups excluding carboxylic acids is 3. The van der Waals surface area contributed by atoms with E-state index in [1.54, 1.807) is 31.2 Å². The zero-order valence-electron chi connectivity index (χ0n) is 14.0. The summed E-state index contributed by atoms with van der Waals surface area (Å²) in [6, 6.07) is 11.6. The van der Waals surface area contributed by atoms with Crippen LogP contribution < -0.4 is 15.4 Å². The van der Waals surface area contributed by atoms with Crippen molar-refractivity contribution >= 4 is 17.9 Å². The molecule has 0 aromatic heterocycles. The van der Waals surface area contributed by atoms with Crippen LogP contribution >= 0.6 is 0 Å². The zero-order chi connectivity index (χ0) is 18.7. The van der Waals surface area contributed by atoms with Crippen LogP contribution in [0.2, 0.25) is 0 Å². The van der Waals surface area contributed by atoms with Crippen LogP contribution in [0.4, 0.5) is 9.18 Å². The molecule has 0 aliphatic carbocycles. The number of esters is 1. The number of aryl methyl sites for hydroxylation is 1. The second kappa shape index (κ2) is 6.95. The molecule has 0 spiro atoms. The number of amides is 3. The van der Waals surface area contributed by atoms with Crippen LogP contribution in [0.15, 0.2) is 48.5 Å². The second-order valence-corrected chi connectivity index (χ2v) is 6.28. The molecule has 1 fully saturated rings. The Morgan fingerprint density at radius 3 is 2.50 bits per heavy atom. The van der Waals surface area contributed by atoms with Gasteiger partial charge in [0.25, 0.3) is 5.91 Å². The minimum absolute atomic E-state index is 0.130. The highest BCUT2D eigenvalue weighted by molar-refractivity contribution is 6.06. The third-order valence-corrected chi connectivity index (χ3v) is 4.23. The summed E-state index contributed by atoms with van der Waals surface area (Å²) < 4.78 is 18.4. The van der Waals surface area contributed by atoms with Crippen LogP contribution in [-0.2, 0) is 11.2 Å². The van der Waals surface area contributed by atoms with Crippen LogP contribution in [0.25, 0.3) is 0 Å². The Bertz CT molecular complexity index is 866. The van der Waals surface area contributed by atoms with Gasteiger partial charge < -0.3 is 10.1 Å². The second-order valence-electron chi connectivity index (χ2n) is 6.28. The van der Waals surface area contributed by atoms with Crippen molar-refractivity contribution < 1.29 is 23.5 Å². The summed E-state index contributed by atoms with van der Waals surface area (Å²) in [5.74, 6) is -1.16. The molecule has 3 amide bonds. The molecule has 2 N–H and O–H groups in total. The van der Waals surface area contributed by atoms with Gasteiger partial charge in [0.2, 0.25) is 0 Å². The van der Waals surface area contributed by atoms with E-state index in [4.69, 9.17) is 4.74 Å². The van der Waals surface area contributed by atoms with Gasteiger partial charge in [0.05, 0.1) is 5.56 Å². The van der Waals surface area contributed by atoms with E-state index in [2.05, 4.69) is 10.6 Å². The van der Waals surface area contributed by atoms with E-state index in [-0.39, 0.29) is 11.5 Å². The number of imide groups is 1. The average Bonchev–Trinajstić information content (AvgIpc) is 2.86. The predicted octanol–water partition coefficient (Wildman–Crippen LogP) is 2.58. The van der Waals surface area contributed by atoms with Crippen LogP contribution in [0, 0.1) is 5.82 Å². The molecule has 0 saturated carbocycles. The van der Waals surface area contributed by atoms with Crippen LogP contribution in [0.1, 0.15) is 29.3 Å². The molecule has 1 aliphatic rings. The maximum atomic E-state index is 13.2. The molecule has 1 atom stereocenters. The third-order valence-electron chi connectivity index (χ3n) is 4.23. The van der Waals surface area contributed by atoms with Crippen molar-refractivity contribution in [2.45, 2.75) is 25.3 Å². The number of halogens is 1. The summed E-state index contributed by atoms with van der Waals surface area (Å²) in [5.41, 5.74) is 0.121. The van der Waals surface area contributed by atoms with Gasteiger partial charge in [-0.3, -0.25) is 10.1 Å². The summed E-state index contributed by atoms with van der Waals surface area (Å²) >= 11 is 0. The summed E-state index contributed by atoms with van der Waals surface area (Å²) in [7, 11) is 0. The van der Waals surface area contributed by atoms with Gasteiger partial charge >= 0.3 is 12.0 Å². The Labute approximate surface area is 149 Å². The number of hydrogen-bond acceptors (Lipinski definition) is 4. The minimum atomic E-state index is -0.931. The molecule has 6 nitrogen and oxygen atoms in total. The number of urea groups is 1. The fourth-order valence-corrected chi connectivity index (χ4v) is 2.66. The molecule has 0 unspecified atom stereocenters. The summed E-state index contributed by atoms with van der Waals surface area (Å²) in [5, 5.41) is 4.83. The molecule has 2 aromatic rings. The van der Waals surface area contributed by atoms with Gasteiger partial charge in [0, 0.05) is 0 Å². The van der Waals surface area contributed by atoms with E-state index < -0.39 is 23.4 Å². The van der Waals surface area contributed by atoms with Crippen LogP contribution in [0.3, 0.4) is 0 Å². The van der Waals surface area contributed by atoms with E-state index in [9.17, 15) is 18.8 Å². The summed E-state index contributed by atoms with van der Waals surface area (Å²) in [4.78, 5) is 35.0.